The Bertz CT molecular complexity index is 1470. The molecule has 0 radical (unpaired) electrons. The second-order valence-corrected chi connectivity index (χ2v) is 9.89. The standard InChI is InChI=1S/C28H28N6OS/c1-19(2)20-13-15-22(16-14-20)34-18-29-32-28(34)36-17-25(35)31-26(21-9-5-4-6-10-21)27-30-23-11-7-8-12-24(23)33(27)3/h4-16,18-19,26H,17H2,1-3H3,(H,31,35). The maximum absolute atomic E-state index is 13.2. The zero-order valence-electron chi connectivity index (χ0n) is 20.5. The Labute approximate surface area is 214 Å². The second-order valence-electron chi connectivity index (χ2n) is 8.95. The van der Waals surface area contributed by atoms with E-state index in [0.717, 1.165) is 28.1 Å². The van der Waals surface area contributed by atoms with E-state index in [-0.39, 0.29) is 17.7 Å². The number of nitrogens with zero attached hydrogens (tertiary/aromatic N) is 5. The van der Waals surface area contributed by atoms with Gasteiger partial charge in [-0.15, -0.1) is 10.2 Å². The summed E-state index contributed by atoms with van der Waals surface area (Å²) in [6, 6.07) is 25.9. The van der Waals surface area contributed by atoms with E-state index in [1.165, 1.54) is 17.3 Å². The van der Waals surface area contributed by atoms with Crippen LogP contribution in [0.15, 0.2) is 90.3 Å². The number of para-hydroxylation sites is 2. The number of rotatable bonds is 8. The minimum Gasteiger partial charge on any atom is -0.341 e. The molecule has 5 aromatic rings. The van der Waals surface area contributed by atoms with Crippen molar-refractivity contribution in [1.29, 1.82) is 0 Å². The summed E-state index contributed by atoms with van der Waals surface area (Å²) < 4.78 is 3.94. The van der Waals surface area contributed by atoms with Crippen LogP contribution < -0.4 is 5.32 Å². The number of thioether (sulfide) groups is 1. The number of aryl methyl sites for hydroxylation is 1. The van der Waals surface area contributed by atoms with Crippen LogP contribution in [-0.2, 0) is 11.8 Å². The molecule has 182 valence electrons. The van der Waals surface area contributed by atoms with Crippen LogP contribution in [0.5, 0.6) is 0 Å². The second kappa shape index (κ2) is 10.4. The summed E-state index contributed by atoms with van der Waals surface area (Å²) >= 11 is 1.36. The van der Waals surface area contributed by atoms with E-state index in [4.69, 9.17) is 4.98 Å². The molecule has 1 unspecified atom stereocenters. The van der Waals surface area contributed by atoms with Crippen LogP contribution in [0.4, 0.5) is 0 Å². The highest BCUT2D eigenvalue weighted by atomic mass is 32.2. The first-order chi connectivity index (χ1) is 17.5. The normalized spacial score (nSPS) is 12.2. The average Bonchev–Trinajstić information content (AvgIpc) is 3.51. The molecular weight excluding hydrogens is 468 g/mol. The fourth-order valence-corrected chi connectivity index (χ4v) is 4.96. The van der Waals surface area contributed by atoms with Gasteiger partial charge in [0.15, 0.2) is 5.16 Å². The highest BCUT2D eigenvalue weighted by molar-refractivity contribution is 7.99. The summed E-state index contributed by atoms with van der Waals surface area (Å²) in [6.07, 6.45) is 1.68. The summed E-state index contributed by atoms with van der Waals surface area (Å²) in [5.74, 6) is 1.35. The van der Waals surface area contributed by atoms with Crippen LogP contribution in [-0.4, -0.2) is 36.0 Å². The molecule has 0 spiro atoms. The van der Waals surface area contributed by atoms with E-state index in [2.05, 4.69) is 53.6 Å². The number of imidazole rings is 1. The summed E-state index contributed by atoms with van der Waals surface area (Å²) in [4.78, 5) is 18.0. The molecule has 36 heavy (non-hydrogen) atoms. The molecule has 2 aromatic heterocycles. The molecule has 2 heterocycles. The number of hydrogen-bond acceptors (Lipinski definition) is 5. The van der Waals surface area contributed by atoms with Crippen molar-refractivity contribution in [1.82, 2.24) is 29.6 Å². The Kier molecular flexibility index (Phi) is 6.86. The van der Waals surface area contributed by atoms with Crippen molar-refractivity contribution >= 4 is 28.7 Å². The zero-order chi connectivity index (χ0) is 25.1. The highest BCUT2D eigenvalue weighted by Gasteiger charge is 2.23. The molecule has 1 amide bonds. The fourth-order valence-electron chi connectivity index (χ4n) is 4.22. The number of hydrogen-bond donors (Lipinski definition) is 1. The number of fused-ring (bicyclic) bond motifs is 1. The van der Waals surface area contributed by atoms with Crippen molar-refractivity contribution in [3.05, 3.63) is 102 Å². The van der Waals surface area contributed by atoms with Gasteiger partial charge in [0, 0.05) is 12.7 Å². The van der Waals surface area contributed by atoms with Crippen molar-refractivity contribution in [3.8, 4) is 5.69 Å². The minimum absolute atomic E-state index is 0.106. The lowest BCUT2D eigenvalue weighted by atomic mass is 10.0. The maximum Gasteiger partial charge on any atom is 0.231 e. The SMILES string of the molecule is CC(C)c1ccc(-n2cnnc2SCC(=O)NC(c2ccccc2)c2nc3ccccc3n2C)cc1. The number of aromatic nitrogens is 5. The summed E-state index contributed by atoms with van der Waals surface area (Å²) in [7, 11) is 1.98. The van der Waals surface area contributed by atoms with E-state index >= 15 is 0 Å². The lowest BCUT2D eigenvalue weighted by Crippen LogP contribution is -2.32. The highest BCUT2D eigenvalue weighted by Crippen LogP contribution is 2.26. The van der Waals surface area contributed by atoms with E-state index in [1.807, 2.05) is 70.8 Å². The van der Waals surface area contributed by atoms with Crippen LogP contribution >= 0.6 is 11.8 Å². The molecule has 0 aliphatic carbocycles. The van der Waals surface area contributed by atoms with Crippen molar-refractivity contribution in [3.63, 3.8) is 0 Å². The smallest absolute Gasteiger partial charge is 0.231 e. The monoisotopic (exact) mass is 496 g/mol. The van der Waals surface area contributed by atoms with Crippen LogP contribution in [0.1, 0.15) is 42.8 Å². The van der Waals surface area contributed by atoms with Crippen molar-refractivity contribution in [2.45, 2.75) is 31.0 Å². The summed E-state index contributed by atoms with van der Waals surface area (Å²) in [5, 5.41) is 12.2. The van der Waals surface area contributed by atoms with E-state index in [0.29, 0.717) is 11.1 Å². The number of benzene rings is 3. The Balaban J connectivity index is 1.34. The van der Waals surface area contributed by atoms with Crippen LogP contribution in [0, 0.1) is 0 Å². The predicted molar refractivity (Wildman–Crippen MR) is 143 cm³/mol. The molecule has 1 N–H and O–H groups in total. The van der Waals surface area contributed by atoms with Gasteiger partial charge in [0.25, 0.3) is 0 Å². The number of nitrogens with one attached hydrogen (secondary N) is 1. The van der Waals surface area contributed by atoms with Gasteiger partial charge in [0.1, 0.15) is 18.2 Å². The summed E-state index contributed by atoms with van der Waals surface area (Å²) in [6.45, 7) is 4.34. The van der Waals surface area contributed by atoms with Gasteiger partial charge in [-0.2, -0.15) is 0 Å². The molecule has 0 bridgehead atoms. The fraction of sp³-hybridized carbons (Fsp3) is 0.214. The van der Waals surface area contributed by atoms with Gasteiger partial charge in [0.2, 0.25) is 5.91 Å². The van der Waals surface area contributed by atoms with Gasteiger partial charge in [-0.25, -0.2) is 4.98 Å². The lowest BCUT2D eigenvalue weighted by molar-refractivity contribution is -0.119. The predicted octanol–water partition coefficient (Wildman–Crippen LogP) is 5.28. The average molecular weight is 497 g/mol. The molecule has 3 aromatic carbocycles. The molecule has 0 fully saturated rings. The third-order valence-corrected chi connectivity index (χ3v) is 7.15. The van der Waals surface area contributed by atoms with Crippen molar-refractivity contribution < 1.29 is 4.79 Å². The molecular formula is C28H28N6OS. The molecule has 0 aliphatic heterocycles. The Hall–Kier alpha value is -3.91. The Morgan fingerprint density at radius 2 is 1.67 bits per heavy atom. The molecule has 0 saturated heterocycles. The van der Waals surface area contributed by atoms with E-state index in [9.17, 15) is 4.79 Å². The van der Waals surface area contributed by atoms with E-state index in [1.54, 1.807) is 6.33 Å². The van der Waals surface area contributed by atoms with Gasteiger partial charge < -0.3 is 9.88 Å². The van der Waals surface area contributed by atoms with Gasteiger partial charge in [-0.05, 0) is 41.3 Å². The van der Waals surface area contributed by atoms with Gasteiger partial charge >= 0.3 is 0 Å². The first kappa shape index (κ1) is 23.8. The molecule has 1 atom stereocenters. The van der Waals surface area contributed by atoms with Crippen molar-refractivity contribution in [2.24, 2.45) is 7.05 Å². The molecule has 5 rings (SSSR count). The largest absolute Gasteiger partial charge is 0.341 e. The van der Waals surface area contributed by atoms with Gasteiger partial charge in [0.05, 0.1) is 16.8 Å². The third-order valence-electron chi connectivity index (χ3n) is 6.20. The van der Waals surface area contributed by atoms with Crippen LogP contribution in [0.25, 0.3) is 16.7 Å². The number of carbonyl (C=O) groups excluding carboxylic acids is 1. The molecule has 8 heteroatoms. The number of amides is 1. The van der Waals surface area contributed by atoms with Crippen LogP contribution in [0.3, 0.4) is 0 Å². The quantitative estimate of drug-likeness (QED) is 0.296. The van der Waals surface area contributed by atoms with Gasteiger partial charge in [-0.1, -0.05) is 80.2 Å². The Morgan fingerprint density at radius 1 is 0.944 bits per heavy atom. The molecule has 0 aliphatic rings. The molecule has 0 saturated carbocycles. The third kappa shape index (κ3) is 4.90. The summed E-state index contributed by atoms with van der Waals surface area (Å²) in [5.41, 5.74) is 5.14. The zero-order valence-corrected chi connectivity index (χ0v) is 21.3. The first-order valence-corrected chi connectivity index (χ1v) is 12.9. The lowest BCUT2D eigenvalue weighted by Gasteiger charge is -2.19. The molecule has 7 nitrogen and oxygen atoms in total. The van der Waals surface area contributed by atoms with E-state index < -0.39 is 0 Å². The van der Waals surface area contributed by atoms with Gasteiger partial charge in [-0.3, -0.25) is 9.36 Å². The Morgan fingerprint density at radius 3 is 2.39 bits per heavy atom. The van der Waals surface area contributed by atoms with Crippen molar-refractivity contribution in [2.75, 3.05) is 5.75 Å². The topological polar surface area (TPSA) is 77.6 Å². The first-order valence-electron chi connectivity index (χ1n) is 11.9. The van der Waals surface area contributed by atoms with Crippen LogP contribution in [0.2, 0.25) is 0 Å². The number of carbonyl (C=O) groups is 1. The minimum atomic E-state index is -0.377. The maximum atomic E-state index is 13.2.